The molecule has 5 heteroatoms. The molecule has 1 N–H and O–H groups in total. The van der Waals surface area contributed by atoms with Crippen LogP contribution in [0.5, 0.6) is 0 Å². The van der Waals surface area contributed by atoms with Crippen molar-refractivity contribution in [1.29, 1.82) is 0 Å². The van der Waals surface area contributed by atoms with Crippen LogP contribution < -0.4 is 21.2 Å². The van der Waals surface area contributed by atoms with Gasteiger partial charge in [0.2, 0.25) is 0 Å². The Hall–Kier alpha value is -2.30. The monoisotopic (exact) mass is 213 g/mol. The van der Waals surface area contributed by atoms with Crippen LogP contribution in [0.1, 0.15) is 5.56 Å². The number of imidazole rings is 1. The molecule has 1 aromatic heterocycles. The van der Waals surface area contributed by atoms with Gasteiger partial charge in [-0.1, -0.05) is 12.1 Å². The van der Waals surface area contributed by atoms with Gasteiger partial charge in [-0.05, 0) is 18.6 Å². The molecule has 5 nitrogen and oxygen atoms in total. The molecule has 0 saturated heterocycles. The quantitative estimate of drug-likeness (QED) is 0.702. The number of benzene rings is 1. The zero-order chi connectivity index (χ0) is 11.0. The molecule has 1 aromatic carbocycles. The van der Waals surface area contributed by atoms with Gasteiger partial charge in [0.1, 0.15) is 6.33 Å². The van der Waals surface area contributed by atoms with E-state index >= 15 is 0 Å². The highest BCUT2D eigenvalue weighted by atomic mass is 15.8. The highest BCUT2D eigenvalue weighted by molar-refractivity contribution is 5.34. The average molecular weight is 213 g/mol. The minimum absolute atomic E-state index is 0.955. The van der Waals surface area contributed by atoms with Crippen LogP contribution in [0.15, 0.2) is 42.0 Å². The molecule has 2 aromatic rings. The Morgan fingerprint density at radius 1 is 1.31 bits per heavy atom. The van der Waals surface area contributed by atoms with Gasteiger partial charge >= 0.3 is 0 Å². The molecular formula is C11H11N5. The SMILES string of the molecule is Cc1ccc2c(c1)=NNN(n1ccnc1)C=2. The fourth-order valence-corrected chi connectivity index (χ4v) is 1.62. The predicted octanol–water partition coefficient (Wildman–Crippen LogP) is -0.379. The highest BCUT2D eigenvalue weighted by Gasteiger charge is 2.03. The van der Waals surface area contributed by atoms with E-state index in [0.717, 1.165) is 10.6 Å². The third kappa shape index (κ3) is 1.42. The number of aromatic nitrogens is 2. The van der Waals surface area contributed by atoms with E-state index in [1.807, 2.05) is 23.1 Å². The number of aryl methyl sites for hydroxylation is 1. The van der Waals surface area contributed by atoms with Crippen LogP contribution >= 0.6 is 0 Å². The molecule has 0 bridgehead atoms. The van der Waals surface area contributed by atoms with Crippen LogP contribution in [0, 0.1) is 6.92 Å². The molecule has 80 valence electrons. The molecule has 1 aliphatic rings. The lowest BCUT2D eigenvalue weighted by Gasteiger charge is -2.21. The van der Waals surface area contributed by atoms with Crippen LogP contribution in [0.4, 0.5) is 0 Å². The van der Waals surface area contributed by atoms with E-state index in [-0.39, 0.29) is 0 Å². The second-order valence-electron chi connectivity index (χ2n) is 3.69. The van der Waals surface area contributed by atoms with Gasteiger partial charge in [-0.25, -0.2) is 9.66 Å². The molecule has 0 radical (unpaired) electrons. The summed E-state index contributed by atoms with van der Waals surface area (Å²) in [6.07, 6.45) is 7.25. The van der Waals surface area contributed by atoms with E-state index in [1.165, 1.54) is 5.56 Å². The van der Waals surface area contributed by atoms with E-state index in [9.17, 15) is 0 Å². The summed E-state index contributed by atoms with van der Waals surface area (Å²) in [5.41, 5.74) is 4.13. The summed E-state index contributed by atoms with van der Waals surface area (Å²) < 4.78 is 1.81. The summed E-state index contributed by atoms with van der Waals surface area (Å²) in [6.45, 7) is 2.05. The Labute approximate surface area is 92.3 Å². The second kappa shape index (κ2) is 3.37. The Balaban J connectivity index is 2.10. The Morgan fingerprint density at radius 2 is 2.25 bits per heavy atom. The first-order valence-electron chi connectivity index (χ1n) is 5.02. The van der Waals surface area contributed by atoms with E-state index in [1.54, 1.807) is 17.6 Å². The zero-order valence-corrected chi connectivity index (χ0v) is 8.83. The molecule has 0 aliphatic carbocycles. The number of rotatable bonds is 1. The first kappa shape index (κ1) is 8.96. The standard InChI is InChI=1S/C11H11N5/c1-9-2-3-10-7-16(14-13-11(10)6-9)15-5-4-12-8-15/h2-8,14H,1H3. The van der Waals surface area contributed by atoms with Crippen molar-refractivity contribution >= 4 is 6.20 Å². The lowest BCUT2D eigenvalue weighted by molar-refractivity contribution is 0.572. The van der Waals surface area contributed by atoms with Crippen LogP contribution in [-0.2, 0) is 0 Å². The molecule has 0 fully saturated rings. The third-order valence-electron chi connectivity index (χ3n) is 2.46. The lowest BCUT2D eigenvalue weighted by Crippen LogP contribution is -2.47. The molecule has 0 saturated carbocycles. The summed E-state index contributed by atoms with van der Waals surface area (Å²) in [5.74, 6) is 0. The minimum atomic E-state index is 0.955. The first-order valence-corrected chi connectivity index (χ1v) is 5.02. The molecule has 0 amide bonds. The Bertz CT molecular complexity index is 614. The summed E-state index contributed by atoms with van der Waals surface area (Å²) in [6, 6.07) is 6.17. The number of nitrogens with one attached hydrogen (secondary N) is 1. The number of hydrazine groups is 1. The maximum atomic E-state index is 4.29. The van der Waals surface area contributed by atoms with Gasteiger partial charge in [0.15, 0.2) is 0 Å². The minimum Gasteiger partial charge on any atom is -0.243 e. The predicted molar refractivity (Wildman–Crippen MR) is 60.0 cm³/mol. The van der Waals surface area contributed by atoms with Gasteiger partial charge in [0, 0.05) is 17.6 Å². The number of hydrogen-bond acceptors (Lipinski definition) is 4. The largest absolute Gasteiger partial charge is 0.243 e. The van der Waals surface area contributed by atoms with Gasteiger partial charge in [0.05, 0.1) is 11.6 Å². The maximum Gasteiger partial charge on any atom is 0.116 e. The van der Waals surface area contributed by atoms with Gasteiger partial charge in [-0.3, -0.25) is 0 Å². The molecule has 0 atom stereocenters. The summed E-state index contributed by atoms with van der Waals surface area (Å²) >= 11 is 0. The molecule has 1 aliphatic heterocycles. The molecule has 16 heavy (non-hydrogen) atoms. The summed E-state index contributed by atoms with van der Waals surface area (Å²) in [5, 5.41) is 8.09. The smallest absolute Gasteiger partial charge is 0.116 e. The summed E-state index contributed by atoms with van der Waals surface area (Å²) in [7, 11) is 0. The van der Waals surface area contributed by atoms with E-state index in [4.69, 9.17) is 0 Å². The van der Waals surface area contributed by atoms with Gasteiger partial charge in [0.25, 0.3) is 0 Å². The van der Waals surface area contributed by atoms with Crippen LogP contribution in [-0.4, -0.2) is 9.66 Å². The van der Waals surface area contributed by atoms with Crippen LogP contribution in [0.2, 0.25) is 0 Å². The molecular weight excluding hydrogens is 202 g/mol. The molecule has 2 heterocycles. The van der Waals surface area contributed by atoms with Crippen LogP contribution in [0.3, 0.4) is 0 Å². The fourth-order valence-electron chi connectivity index (χ4n) is 1.62. The van der Waals surface area contributed by atoms with Crippen molar-refractivity contribution in [2.24, 2.45) is 5.10 Å². The topological polar surface area (TPSA) is 45.5 Å². The molecule has 0 unspecified atom stereocenters. The number of nitrogens with zero attached hydrogens (tertiary/aromatic N) is 4. The first-order chi connectivity index (χ1) is 7.83. The van der Waals surface area contributed by atoms with Crippen molar-refractivity contribution in [1.82, 2.24) is 15.2 Å². The molecule has 3 rings (SSSR count). The van der Waals surface area contributed by atoms with Crippen molar-refractivity contribution < 1.29 is 0 Å². The van der Waals surface area contributed by atoms with Gasteiger partial charge in [-0.15, -0.1) is 0 Å². The average Bonchev–Trinajstić information content (AvgIpc) is 2.82. The van der Waals surface area contributed by atoms with E-state index in [0.29, 0.717) is 0 Å². The molecule has 0 spiro atoms. The van der Waals surface area contributed by atoms with Crippen molar-refractivity contribution in [3.8, 4) is 0 Å². The van der Waals surface area contributed by atoms with Crippen LogP contribution in [0.25, 0.3) is 6.20 Å². The van der Waals surface area contributed by atoms with Crippen molar-refractivity contribution in [2.75, 3.05) is 5.12 Å². The Kier molecular flexibility index (Phi) is 1.89. The van der Waals surface area contributed by atoms with E-state index < -0.39 is 0 Å². The third-order valence-corrected chi connectivity index (χ3v) is 2.46. The normalized spacial score (nSPS) is 13.4. The highest BCUT2D eigenvalue weighted by Crippen LogP contribution is 1.92. The van der Waals surface area contributed by atoms with Crippen molar-refractivity contribution in [2.45, 2.75) is 6.92 Å². The fraction of sp³-hybridized carbons (Fsp3) is 0.0909. The number of fused-ring (bicyclic) bond motifs is 1. The van der Waals surface area contributed by atoms with Gasteiger partial charge < -0.3 is 0 Å². The summed E-state index contributed by atoms with van der Waals surface area (Å²) in [4.78, 5) is 3.99. The van der Waals surface area contributed by atoms with Crippen molar-refractivity contribution in [3.05, 3.63) is 53.1 Å². The zero-order valence-electron chi connectivity index (χ0n) is 8.83. The number of hydrogen-bond donors (Lipinski definition) is 1. The Morgan fingerprint density at radius 3 is 3.06 bits per heavy atom. The van der Waals surface area contributed by atoms with Gasteiger partial charge in [-0.2, -0.15) is 15.8 Å². The lowest BCUT2D eigenvalue weighted by atomic mass is 10.2. The van der Waals surface area contributed by atoms with E-state index in [2.05, 4.69) is 34.7 Å². The second-order valence-corrected chi connectivity index (χ2v) is 3.69. The maximum absolute atomic E-state index is 4.29. The van der Waals surface area contributed by atoms with Crippen molar-refractivity contribution in [3.63, 3.8) is 0 Å².